The van der Waals surface area contributed by atoms with Gasteiger partial charge in [-0.2, -0.15) is 13.2 Å². The summed E-state index contributed by atoms with van der Waals surface area (Å²) < 4.78 is 41.2. The highest BCUT2D eigenvalue weighted by Gasteiger charge is 2.48. The number of aromatic amines is 1. The van der Waals surface area contributed by atoms with E-state index in [4.69, 9.17) is 11.6 Å². The van der Waals surface area contributed by atoms with Gasteiger partial charge < -0.3 is 10.3 Å². The number of fused-ring (bicyclic) bond motifs is 2. The molecule has 4 rings (SSSR count). The van der Waals surface area contributed by atoms with Gasteiger partial charge in [-0.25, -0.2) is 4.98 Å². The molecule has 11 heteroatoms. The lowest BCUT2D eigenvalue weighted by Gasteiger charge is -2.31. The van der Waals surface area contributed by atoms with Crippen molar-refractivity contribution >= 4 is 57.6 Å². The van der Waals surface area contributed by atoms with Gasteiger partial charge in [-0.3, -0.25) is 14.5 Å². The van der Waals surface area contributed by atoms with Crippen LogP contribution in [0.2, 0.25) is 5.02 Å². The molecule has 1 aliphatic rings. The molecule has 0 fully saturated rings. The van der Waals surface area contributed by atoms with Crippen LogP contribution in [0.4, 0.5) is 24.5 Å². The number of para-hydroxylation sites is 2. The van der Waals surface area contributed by atoms with E-state index in [1.54, 1.807) is 24.3 Å². The fraction of sp³-hybridized carbons (Fsp3) is 0.211. The second kappa shape index (κ2) is 7.84. The van der Waals surface area contributed by atoms with Gasteiger partial charge in [0.05, 0.1) is 34.6 Å². The molecule has 2 heterocycles. The molecule has 156 valence electrons. The van der Waals surface area contributed by atoms with E-state index in [9.17, 15) is 22.8 Å². The van der Waals surface area contributed by atoms with Crippen molar-refractivity contribution in [3.05, 3.63) is 47.5 Å². The summed E-state index contributed by atoms with van der Waals surface area (Å²) in [5.74, 6) is -1.89. The van der Waals surface area contributed by atoms with Gasteiger partial charge in [0, 0.05) is 5.02 Å². The molecule has 30 heavy (non-hydrogen) atoms. The normalized spacial score (nSPS) is 16.9. The number of nitrogens with zero attached hydrogens (tertiary/aromatic N) is 2. The highest BCUT2D eigenvalue weighted by molar-refractivity contribution is 7.99. The lowest BCUT2D eigenvalue weighted by molar-refractivity contribution is -0.157. The zero-order valence-electron chi connectivity index (χ0n) is 15.2. The average molecular weight is 455 g/mol. The minimum atomic E-state index is -4.77. The SMILES string of the molecule is O=C1CC(C(F)(F)F)N(C(=O)CSc2nc3ccc(Cl)cc3[nH]2)c2ccccc2N1. The number of rotatable bonds is 3. The Labute approximate surface area is 177 Å². The summed E-state index contributed by atoms with van der Waals surface area (Å²) >= 11 is 6.91. The summed E-state index contributed by atoms with van der Waals surface area (Å²) in [6, 6.07) is 8.69. The molecule has 1 aliphatic heterocycles. The number of nitrogens with one attached hydrogen (secondary N) is 2. The second-order valence-electron chi connectivity index (χ2n) is 6.58. The van der Waals surface area contributed by atoms with E-state index in [1.807, 2.05) is 0 Å². The van der Waals surface area contributed by atoms with Gasteiger partial charge >= 0.3 is 6.18 Å². The molecule has 0 aliphatic carbocycles. The van der Waals surface area contributed by atoms with Crippen molar-refractivity contribution in [2.45, 2.75) is 23.8 Å². The van der Waals surface area contributed by atoms with Crippen molar-refractivity contribution in [2.24, 2.45) is 0 Å². The number of thioether (sulfide) groups is 1. The first-order valence-corrected chi connectivity index (χ1v) is 10.1. The number of aromatic nitrogens is 2. The summed E-state index contributed by atoms with van der Waals surface area (Å²) in [5, 5.41) is 3.32. The van der Waals surface area contributed by atoms with Gasteiger partial charge in [-0.05, 0) is 30.3 Å². The van der Waals surface area contributed by atoms with Crippen molar-refractivity contribution in [2.75, 3.05) is 16.0 Å². The van der Waals surface area contributed by atoms with Gasteiger partial charge in [0.15, 0.2) is 5.16 Å². The van der Waals surface area contributed by atoms with Gasteiger partial charge in [0.2, 0.25) is 11.8 Å². The van der Waals surface area contributed by atoms with E-state index < -0.39 is 30.5 Å². The quantitative estimate of drug-likeness (QED) is 0.566. The number of benzene rings is 2. The molecule has 0 saturated heterocycles. The van der Waals surface area contributed by atoms with Gasteiger partial charge in [-0.15, -0.1) is 0 Å². The Morgan fingerprint density at radius 1 is 1.27 bits per heavy atom. The molecule has 3 aromatic rings. The van der Waals surface area contributed by atoms with Crippen LogP contribution in [0.3, 0.4) is 0 Å². The third-order valence-electron chi connectivity index (χ3n) is 4.53. The third kappa shape index (κ3) is 4.10. The summed E-state index contributed by atoms with van der Waals surface area (Å²) in [6.07, 6.45) is -5.65. The summed E-state index contributed by atoms with van der Waals surface area (Å²) in [5.41, 5.74) is 1.44. The molecule has 6 nitrogen and oxygen atoms in total. The monoisotopic (exact) mass is 454 g/mol. The number of hydrogen-bond donors (Lipinski definition) is 2. The summed E-state index contributed by atoms with van der Waals surface area (Å²) in [7, 11) is 0. The molecule has 0 radical (unpaired) electrons. The Morgan fingerprint density at radius 2 is 2.03 bits per heavy atom. The predicted octanol–water partition coefficient (Wildman–Crippen LogP) is 4.61. The number of carbonyl (C=O) groups excluding carboxylic acids is 2. The predicted molar refractivity (Wildman–Crippen MR) is 109 cm³/mol. The molecular formula is C19H14ClF3N4O2S. The summed E-state index contributed by atoms with van der Waals surface area (Å²) in [4.78, 5) is 32.9. The molecular weight excluding hydrogens is 441 g/mol. The molecule has 2 amide bonds. The van der Waals surface area contributed by atoms with Crippen LogP contribution in [-0.4, -0.2) is 39.8 Å². The van der Waals surface area contributed by atoms with E-state index in [0.29, 0.717) is 26.1 Å². The standard InChI is InChI=1S/C19H14ClF3N4O2S/c20-10-5-6-11-13(7-10)26-18(25-11)30-9-17(29)27-14-4-2-1-3-12(14)24-16(28)8-15(27)19(21,22)23/h1-7,15H,8-9H2,(H,24,28)(H,25,26). The number of alkyl halides is 3. The number of anilines is 2. The van der Waals surface area contributed by atoms with Crippen molar-refractivity contribution in [1.29, 1.82) is 0 Å². The van der Waals surface area contributed by atoms with Crippen molar-refractivity contribution in [3.8, 4) is 0 Å². The first-order chi connectivity index (χ1) is 14.2. The van der Waals surface area contributed by atoms with E-state index in [1.165, 1.54) is 18.2 Å². The first-order valence-electron chi connectivity index (χ1n) is 8.78. The minimum Gasteiger partial charge on any atom is -0.333 e. The van der Waals surface area contributed by atoms with Gasteiger partial charge in [0.1, 0.15) is 6.04 Å². The third-order valence-corrected chi connectivity index (χ3v) is 5.62. The van der Waals surface area contributed by atoms with Crippen LogP contribution in [0.25, 0.3) is 11.0 Å². The molecule has 0 spiro atoms. The van der Waals surface area contributed by atoms with Crippen molar-refractivity contribution in [1.82, 2.24) is 9.97 Å². The first kappa shape index (κ1) is 20.5. The maximum absolute atomic E-state index is 13.7. The Hall–Kier alpha value is -2.72. The fourth-order valence-electron chi connectivity index (χ4n) is 3.22. The number of halogens is 4. The van der Waals surface area contributed by atoms with E-state index in [-0.39, 0.29) is 17.1 Å². The van der Waals surface area contributed by atoms with Crippen molar-refractivity contribution < 1.29 is 22.8 Å². The fourth-order valence-corrected chi connectivity index (χ4v) is 4.14. The van der Waals surface area contributed by atoms with Crippen LogP contribution in [0.15, 0.2) is 47.6 Å². The molecule has 1 aromatic heterocycles. The van der Waals surface area contributed by atoms with E-state index in [0.717, 1.165) is 11.8 Å². The maximum Gasteiger partial charge on any atom is 0.409 e. The van der Waals surface area contributed by atoms with Gasteiger partial charge in [0.25, 0.3) is 0 Å². The lowest BCUT2D eigenvalue weighted by Crippen LogP contribution is -2.50. The number of H-pyrrole nitrogens is 1. The Kier molecular flexibility index (Phi) is 5.37. The number of imidazole rings is 1. The Bertz CT molecular complexity index is 1130. The van der Waals surface area contributed by atoms with E-state index >= 15 is 0 Å². The number of amides is 2. The van der Waals surface area contributed by atoms with Crippen molar-refractivity contribution in [3.63, 3.8) is 0 Å². The minimum absolute atomic E-state index is 0.00710. The van der Waals surface area contributed by atoms with E-state index in [2.05, 4.69) is 15.3 Å². The van der Waals surface area contributed by atoms with Crippen LogP contribution in [-0.2, 0) is 9.59 Å². The molecule has 2 N–H and O–H groups in total. The second-order valence-corrected chi connectivity index (χ2v) is 7.98. The zero-order chi connectivity index (χ0) is 21.5. The highest BCUT2D eigenvalue weighted by Crippen LogP contribution is 2.38. The molecule has 0 bridgehead atoms. The zero-order valence-corrected chi connectivity index (χ0v) is 16.7. The number of hydrogen-bond acceptors (Lipinski definition) is 4. The smallest absolute Gasteiger partial charge is 0.333 e. The van der Waals surface area contributed by atoms with Crippen LogP contribution in [0, 0.1) is 0 Å². The van der Waals surface area contributed by atoms with Crippen LogP contribution in [0.5, 0.6) is 0 Å². The Morgan fingerprint density at radius 3 is 2.80 bits per heavy atom. The van der Waals surface area contributed by atoms with Crippen LogP contribution < -0.4 is 10.2 Å². The van der Waals surface area contributed by atoms with Crippen LogP contribution in [0.1, 0.15) is 6.42 Å². The van der Waals surface area contributed by atoms with Crippen LogP contribution >= 0.6 is 23.4 Å². The molecule has 1 atom stereocenters. The Balaban J connectivity index is 1.62. The molecule has 1 unspecified atom stereocenters. The maximum atomic E-state index is 13.7. The summed E-state index contributed by atoms with van der Waals surface area (Å²) in [6.45, 7) is 0. The lowest BCUT2D eigenvalue weighted by atomic mass is 10.1. The molecule has 0 saturated carbocycles. The molecule has 2 aromatic carbocycles. The highest BCUT2D eigenvalue weighted by atomic mass is 35.5. The largest absolute Gasteiger partial charge is 0.409 e. The van der Waals surface area contributed by atoms with Gasteiger partial charge in [-0.1, -0.05) is 35.5 Å². The average Bonchev–Trinajstić information content (AvgIpc) is 3.00. The number of carbonyl (C=O) groups is 2. The topological polar surface area (TPSA) is 78.1 Å².